The molecule has 1 aliphatic rings. The number of carbonyl (C=O) groups excluding carboxylic acids is 2. The monoisotopic (exact) mass is 500 g/mol. The smallest absolute Gasteiger partial charge is 0.252 e. The second-order valence-electron chi connectivity index (χ2n) is 10.2. The molecule has 1 fully saturated rings. The van der Waals surface area contributed by atoms with Gasteiger partial charge < -0.3 is 35.4 Å². The quantitative estimate of drug-likeness (QED) is 0.116. The number of amides is 2. The number of aliphatic hydroxyl groups is 4. The largest absolute Gasteiger partial charge is 0.391 e. The minimum atomic E-state index is -1.74. The molecular formula is C24H44N4O7. The molecule has 0 aromatic heterocycles. The lowest BCUT2D eigenvalue weighted by Gasteiger charge is -2.29. The molecule has 11 nitrogen and oxygen atoms in total. The molecule has 1 rings (SSSR count). The Morgan fingerprint density at radius 2 is 1.86 bits per heavy atom. The van der Waals surface area contributed by atoms with Crippen molar-refractivity contribution in [2.75, 3.05) is 26.7 Å². The maximum absolute atomic E-state index is 13.1. The number of hydrogen-bond acceptors (Lipinski definition) is 9. The average molecular weight is 501 g/mol. The van der Waals surface area contributed by atoms with Gasteiger partial charge in [0.2, 0.25) is 5.91 Å². The van der Waals surface area contributed by atoms with Crippen molar-refractivity contribution >= 4 is 11.8 Å². The highest BCUT2D eigenvalue weighted by Gasteiger charge is 2.38. The summed E-state index contributed by atoms with van der Waals surface area (Å²) in [5.74, 6) is -1.12. The lowest BCUT2D eigenvalue weighted by Crippen LogP contribution is -2.56. The molecular weight excluding hydrogens is 456 g/mol. The fourth-order valence-electron chi connectivity index (χ4n) is 3.86. The second-order valence-corrected chi connectivity index (χ2v) is 10.2. The van der Waals surface area contributed by atoms with E-state index in [4.69, 9.17) is 10.3 Å². The normalized spacial score (nSPS) is 23.0. The van der Waals surface area contributed by atoms with Gasteiger partial charge in [0.25, 0.3) is 5.91 Å². The van der Waals surface area contributed by atoms with Gasteiger partial charge in [-0.2, -0.15) is 5.11 Å². The molecule has 0 unspecified atom stereocenters. The number of hydrogen-bond donors (Lipinski definition) is 6. The predicted molar refractivity (Wildman–Crippen MR) is 130 cm³/mol. The van der Waals surface area contributed by atoms with Crippen LogP contribution in [0.5, 0.6) is 0 Å². The average Bonchev–Trinajstić information content (AvgIpc) is 2.92. The van der Waals surface area contributed by atoms with E-state index in [1.54, 1.807) is 6.08 Å². The van der Waals surface area contributed by atoms with Gasteiger partial charge in [-0.05, 0) is 31.1 Å². The number of methoxy groups -OCH3 is 1. The summed E-state index contributed by atoms with van der Waals surface area (Å²) in [6.07, 6.45) is -0.210. The maximum Gasteiger partial charge on any atom is 0.252 e. The first-order valence-corrected chi connectivity index (χ1v) is 12.3. The molecule has 35 heavy (non-hydrogen) atoms. The molecule has 0 spiro atoms. The third kappa shape index (κ3) is 11.1. The second kappa shape index (κ2) is 15.2. The number of ether oxygens (including phenoxy) is 1. The van der Waals surface area contributed by atoms with Gasteiger partial charge in [-0.15, -0.1) is 0 Å². The van der Waals surface area contributed by atoms with Crippen molar-refractivity contribution in [3.8, 4) is 0 Å². The summed E-state index contributed by atoms with van der Waals surface area (Å²) in [6.45, 7) is 6.82. The Hall–Kier alpha value is -1.92. The summed E-state index contributed by atoms with van der Waals surface area (Å²) >= 11 is 0. The summed E-state index contributed by atoms with van der Waals surface area (Å²) in [4.78, 5) is 27.5. The van der Waals surface area contributed by atoms with Gasteiger partial charge >= 0.3 is 0 Å². The molecule has 1 saturated heterocycles. The van der Waals surface area contributed by atoms with Gasteiger partial charge in [0.15, 0.2) is 6.10 Å². The van der Waals surface area contributed by atoms with Gasteiger partial charge in [-0.25, -0.2) is 5.53 Å². The lowest BCUT2D eigenvalue weighted by molar-refractivity contribution is -0.151. The number of carbonyl (C=O) groups is 2. The zero-order chi connectivity index (χ0) is 26.6. The van der Waals surface area contributed by atoms with E-state index in [0.29, 0.717) is 19.5 Å². The van der Waals surface area contributed by atoms with Crippen molar-refractivity contribution in [2.45, 2.75) is 95.9 Å². The Morgan fingerprint density at radius 1 is 1.20 bits per heavy atom. The predicted octanol–water partition coefficient (Wildman–Crippen LogP) is 0.746. The summed E-state index contributed by atoms with van der Waals surface area (Å²) < 4.78 is 5.11. The molecule has 0 aliphatic carbocycles. The first kappa shape index (κ1) is 31.1. The van der Waals surface area contributed by atoms with Crippen LogP contribution in [0.15, 0.2) is 17.3 Å². The molecule has 0 radical (unpaired) electrons. The molecule has 6 atom stereocenters. The number of aliphatic hydroxyl groups excluding tert-OH is 4. The first-order chi connectivity index (χ1) is 16.4. The number of unbranched alkanes of at least 4 members (excludes halogenated alkanes) is 3. The fourth-order valence-corrected chi connectivity index (χ4v) is 3.86. The molecule has 0 saturated carbocycles. The molecule has 11 heteroatoms. The lowest BCUT2D eigenvalue weighted by atomic mass is 9.94. The van der Waals surface area contributed by atoms with E-state index < -0.39 is 42.5 Å². The summed E-state index contributed by atoms with van der Waals surface area (Å²) in [7, 11) is 1.19. The molecule has 1 heterocycles. The molecule has 6 N–H and O–H groups in total. The number of allylic oxidation sites excluding steroid dienone is 1. The van der Waals surface area contributed by atoms with Crippen molar-refractivity contribution in [3.05, 3.63) is 12.2 Å². The van der Waals surface area contributed by atoms with Gasteiger partial charge in [-0.3, -0.25) is 9.59 Å². The van der Waals surface area contributed by atoms with Crippen LogP contribution in [-0.2, 0) is 14.3 Å². The van der Waals surface area contributed by atoms with Crippen LogP contribution >= 0.6 is 0 Å². The van der Waals surface area contributed by atoms with E-state index in [9.17, 15) is 30.0 Å². The maximum atomic E-state index is 13.1. The van der Waals surface area contributed by atoms with Crippen LogP contribution in [0.3, 0.4) is 0 Å². The highest BCUT2D eigenvalue weighted by atomic mass is 16.5. The van der Waals surface area contributed by atoms with Gasteiger partial charge in [0, 0.05) is 20.2 Å². The number of nitrogens with one attached hydrogen (secondary N) is 2. The number of likely N-dealkylation sites (tertiary alicyclic amines) is 1. The van der Waals surface area contributed by atoms with Crippen molar-refractivity contribution in [3.63, 3.8) is 0 Å². The summed E-state index contributed by atoms with van der Waals surface area (Å²) in [5.41, 5.74) is 6.55. The van der Waals surface area contributed by atoms with Gasteiger partial charge in [0.1, 0.15) is 24.4 Å². The molecule has 0 aromatic rings. The van der Waals surface area contributed by atoms with E-state index in [2.05, 4.69) is 10.4 Å². The number of nitrogens with zero attached hydrogens (tertiary/aromatic N) is 2. The Bertz CT molecular complexity index is 698. The number of rotatable bonds is 14. The minimum absolute atomic E-state index is 0.175. The highest BCUT2D eigenvalue weighted by Crippen LogP contribution is 2.18. The van der Waals surface area contributed by atoms with Crippen LogP contribution in [-0.4, -0.2) is 100 Å². The van der Waals surface area contributed by atoms with E-state index in [-0.39, 0.29) is 24.3 Å². The first-order valence-electron chi connectivity index (χ1n) is 12.3. The van der Waals surface area contributed by atoms with Crippen molar-refractivity contribution in [2.24, 2.45) is 10.5 Å². The van der Waals surface area contributed by atoms with Crippen LogP contribution in [0.2, 0.25) is 0 Å². The molecule has 0 aromatic carbocycles. The van der Waals surface area contributed by atoms with E-state index >= 15 is 0 Å². The Labute approximate surface area is 208 Å². The van der Waals surface area contributed by atoms with Crippen LogP contribution in [0.25, 0.3) is 0 Å². The summed E-state index contributed by atoms with van der Waals surface area (Å²) in [6, 6.07) is -0.908. The Kier molecular flexibility index (Phi) is 13.6. The molecule has 1 aliphatic heterocycles. The molecule has 202 valence electrons. The molecule has 0 bridgehead atoms. The van der Waals surface area contributed by atoms with Crippen molar-refractivity contribution in [1.82, 2.24) is 10.2 Å². The van der Waals surface area contributed by atoms with Crippen LogP contribution < -0.4 is 5.32 Å². The van der Waals surface area contributed by atoms with E-state index in [1.165, 1.54) is 18.1 Å². The van der Waals surface area contributed by atoms with Crippen molar-refractivity contribution < 1.29 is 34.8 Å². The zero-order valence-electron chi connectivity index (χ0n) is 21.4. The van der Waals surface area contributed by atoms with Crippen LogP contribution in [0, 0.1) is 10.9 Å². The van der Waals surface area contributed by atoms with E-state index in [1.807, 2.05) is 20.8 Å². The number of β-amino-alcohol motifs (C(OH)–C–C–N with tert-alkyl or cyclic N) is 1. The van der Waals surface area contributed by atoms with Crippen molar-refractivity contribution in [1.29, 1.82) is 5.53 Å². The Balaban J connectivity index is 2.77. The zero-order valence-corrected chi connectivity index (χ0v) is 21.4. The SMILES string of the molecule is CO[C@@H](C(=O)N[C@H]1CC[C@@H](O)CN(CCCCCCN=N)C1=O)[C@H](O)[C@@H](O)[C@H](O)/C=C/C(C)(C)C. The fraction of sp³-hybridized carbons (Fsp3) is 0.833. The topological polar surface area (TPSA) is 176 Å². The van der Waals surface area contributed by atoms with Crippen LogP contribution in [0.4, 0.5) is 0 Å². The highest BCUT2D eigenvalue weighted by molar-refractivity contribution is 5.90. The van der Waals surface area contributed by atoms with Gasteiger partial charge in [-0.1, -0.05) is 45.8 Å². The Morgan fingerprint density at radius 3 is 2.46 bits per heavy atom. The van der Waals surface area contributed by atoms with Crippen LogP contribution in [0.1, 0.15) is 59.3 Å². The summed E-state index contributed by atoms with van der Waals surface area (Å²) in [5, 5.41) is 47.2. The third-order valence-corrected chi connectivity index (χ3v) is 5.91. The molecule has 2 amide bonds. The van der Waals surface area contributed by atoms with E-state index in [0.717, 1.165) is 25.7 Å². The standard InChI is InChI=1S/C24H44N4O7/c1-24(2,3)12-11-18(30)19(31)20(32)21(35-4)22(33)27-17-10-9-16(29)15-28(23(17)34)14-8-6-5-7-13-26-25/h11-12,16-21,25,29-32H,5-10,13-15H2,1-4H3,(H,27,33)/b12-11+,26-25?/t16-,17+,18-,19+,20-,21-/m1/s1. The minimum Gasteiger partial charge on any atom is -0.391 e. The van der Waals surface area contributed by atoms with Gasteiger partial charge in [0.05, 0.1) is 12.6 Å². The third-order valence-electron chi connectivity index (χ3n) is 5.91.